The molecule has 1 saturated heterocycles. The molecule has 7 heteroatoms. The molecule has 3 rings (SSSR count). The molecule has 1 aliphatic rings. The number of rotatable bonds is 7. The molecule has 0 amide bonds. The number of nitrogens with zero attached hydrogens (tertiary/aromatic N) is 4. The van der Waals surface area contributed by atoms with Gasteiger partial charge in [-0.25, -0.2) is 0 Å². The van der Waals surface area contributed by atoms with Crippen LogP contribution in [0.5, 0.6) is 0 Å². The van der Waals surface area contributed by atoms with Crippen molar-refractivity contribution in [2.75, 3.05) is 39.9 Å². The van der Waals surface area contributed by atoms with Gasteiger partial charge in [-0.15, -0.1) is 0 Å². The Morgan fingerprint density at radius 2 is 2.35 bits per heavy atom. The lowest BCUT2D eigenvalue weighted by Crippen LogP contribution is -2.53. The molecular formula is C16H24N4O2S. The summed E-state index contributed by atoms with van der Waals surface area (Å²) in [5.74, 6) is 1.39. The zero-order chi connectivity index (χ0) is 16.1. The van der Waals surface area contributed by atoms with E-state index in [0.717, 1.165) is 51.3 Å². The molecule has 1 atom stereocenters. The van der Waals surface area contributed by atoms with Gasteiger partial charge in [0, 0.05) is 50.3 Å². The van der Waals surface area contributed by atoms with Crippen molar-refractivity contribution in [3.63, 3.8) is 0 Å². The average Bonchev–Trinajstić information content (AvgIpc) is 3.24. The van der Waals surface area contributed by atoms with Gasteiger partial charge in [0.15, 0.2) is 0 Å². The fourth-order valence-corrected chi connectivity index (χ4v) is 3.64. The maximum atomic E-state index is 5.42. The van der Waals surface area contributed by atoms with Gasteiger partial charge in [0.05, 0.1) is 13.2 Å². The van der Waals surface area contributed by atoms with E-state index in [1.54, 1.807) is 18.4 Å². The maximum absolute atomic E-state index is 5.42. The summed E-state index contributed by atoms with van der Waals surface area (Å²) in [7, 11) is 1.76. The molecular weight excluding hydrogens is 312 g/mol. The summed E-state index contributed by atoms with van der Waals surface area (Å²) >= 11 is 1.64. The van der Waals surface area contributed by atoms with Gasteiger partial charge in [0.2, 0.25) is 11.7 Å². The molecule has 23 heavy (non-hydrogen) atoms. The van der Waals surface area contributed by atoms with Crippen LogP contribution in [0.1, 0.15) is 19.2 Å². The Labute approximate surface area is 141 Å². The zero-order valence-electron chi connectivity index (χ0n) is 13.8. The second-order valence-corrected chi connectivity index (χ2v) is 6.63. The van der Waals surface area contributed by atoms with Crippen LogP contribution in [-0.4, -0.2) is 65.9 Å². The lowest BCUT2D eigenvalue weighted by molar-refractivity contribution is 0.0423. The third-order valence-electron chi connectivity index (χ3n) is 4.35. The standard InChI is InChI=1S/C16H24N4O2S/c1-3-14-10-19(5-6-20(14)7-8-21-2)11-15-17-16(18-22-15)13-4-9-23-12-13/h4,9,12,14H,3,5-8,10-11H2,1-2H3. The first-order chi connectivity index (χ1) is 11.3. The molecule has 0 N–H and O–H groups in total. The molecule has 0 aliphatic carbocycles. The summed E-state index contributed by atoms with van der Waals surface area (Å²) in [4.78, 5) is 9.44. The normalized spacial score (nSPS) is 20.2. The SMILES string of the molecule is CCC1CN(Cc2nc(-c3ccsc3)no2)CCN1CCOC. The van der Waals surface area contributed by atoms with Gasteiger partial charge < -0.3 is 9.26 Å². The van der Waals surface area contributed by atoms with Crippen LogP contribution in [0.4, 0.5) is 0 Å². The Hall–Kier alpha value is -1.28. The van der Waals surface area contributed by atoms with E-state index in [2.05, 4.69) is 26.9 Å². The second-order valence-electron chi connectivity index (χ2n) is 5.85. The summed E-state index contributed by atoms with van der Waals surface area (Å²) < 4.78 is 10.6. The summed E-state index contributed by atoms with van der Waals surface area (Å²) in [6.45, 7) is 7.90. The van der Waals surface area contributed by atoms with Gasteiger partial charge in [-0.1, -0.05) is 12.1 Å². The summed E-state index contributed by atoms with van der Waals surface area (Å²) in [5, 5.41) is 8.15. The van der Waals surface area contributed by atoms with Crippen molar-refractivity contribution < 1.29 is 9.26 Å². The lowest BCUT2D eigenvalue weighted by atomic mass is 10.1. The van der Waals surface area contributed by atoms with Crippen molar-refractivity contribution in [1.29, 1.82) is 0 Å². The minimum Gasteiger partial charge on any atom is -0.383 e. The van der Waals surface area contributed by atoms with Gasteiger partial charge >= 0.3 is 0 Å². The molecule has 0 bridgehead atoms. The number of aromatic nitrogens is 2. The van der Waals surface area contributed by atoms with Crippen LogP contribution in [0.3, 0.4) is 0 Å². The fourth-order valence-electron chi connectivity index (χ4n) is 3.01. The van der Waals surface area contributed by atoms with E-state index in [0.29, 0.717) is 17.8 Å². The van der Waals surface area contributed by atoms with Gasteiger partial charge in [-0.2, -0.15) is 16.3 Å². The van der Waals surface area contributed by atoms with Crippen molar-refractivity contribution in [1.82, 2.24) is 19.9 Å². The number of methoxy groups -OCH3 is 1. The first kappa shape index (κ1) is 16.6. The molecule has 6 nitrogen and oxygen atoms in total. The minimum atomic E-state index is 0.568. The number of ether oxygens (including phenoxy) is 1. The van der Waals surface area contributed by atoms with Crippen LogP contribution in [0.15, 0.2) is 21.3 Å². The highest BCUT2D eigenvalue weighted by atomic mass is 32.1. The maximum Gasteiger partial charge on any atom is 0.241 e. The molecule has 0 spiro atoms. The first-order valence-corrected chi connectivity index (χ1v) is 9.05. The molecule has 2 aromatic heterocycles. The number of piperazine rings is 1. The molecule has 0 aromatic carbocycles. The van der Waals surface area contributed by atoms with Crippen molar-refractivity contribution in [3.05, 3.63) is 22.7 Å². The molecule has 2 aromatic rings. The molecule has 1 fully saturated rings. The third-order valence-corrected chi connectivity index (χ3v) is 5.03. The summed E-state index contributed by atoms with van der Waals surface area (Å²) in [6.07, 6.45) is 1.14. The summed E-state index contributed by atoms with van der Waals surface area (Å²) in [6, 6.07) is 2.58. The van der Waals surface area contributed by atoms with Crippen molar-refractivity contribution in [2.24, 2.45) is 0 Å². The Balaban J connectivity index is 1.57. The predicted molar refractivity (Wildman–Crippen MR) is 90.4 cm³/mol. The van der Waals surface area contributed by atoms with Crippen LogP contribution in [0, 0.1) is 0 Å². The van der Waals surface area contributed by atoms with E-state index in [1.807, 2.05) is 16.8 Å². The molecule has 1 unspecified atom stereocenters. The second kappa shape index (κ2) is 8.01. The van der Waals surface area contributed by atoms with E-state index in [1.165, 1.54) is 0 Å². The van der Waals surface area contributed by atoms with Crippen LogP contribution in [0.25, 0.3) is 11.4 Å². The highest BCUT2D eigenvalue weighted by Gasteiger charge is 2.26. The van der Waals surface area contributed by atoms with Crippen LogP contribution < -0.4 is 0 Å². The van der Waals surface area contributed by atoms with E-state index in [9.17, 15) is 0 Å². The topological polar surface area (TPSA) is 54.6 Å². The molecule has 0 saturated carbocycles. The first-order valence-electron chi connectivity index (χ1n) is 8.10. The van der Waals surface area contributed by atoms with Crippen molar-refractivity contribution in [3.8, 4) is 11.4 Å². The number of hydrogen-bond acceptors (Lipinski definition) is 7. The largest absolute Gasteiger partial charge is 0.383 e. The average molecular weight is 336 g/mol. The van der Waals surface area contributed by atoms with Crippen molar-refractivity contribution in [2.45, 2.75) is 25.9 Å². The van der Waals surface area contributed by atoms with E-state index in [-0.39, 0.29) is 0 Å². The third kappa shape index (κ3) is 4.17. The lowest BCUT2D eigenvalue weighted by Gasteiger charge is -2.40. The van der Waals surface area contributed by atoms with E-state index < -0.39 is 0 Å². The van der Waals surface area contributed by atoms with Gasteiger partial charge in [0.1, 0.15) is 0 Å². The van der Waals surface area contributed by atoms with Crippen LogP contribution in [-0.2, 0) is 11.3 Å². The predicted octanol–water partition coefficient (Wildman–Crippen LogP) is 2.34. The summed E-state index contributed by atoms with van der Waals surface area (Å²) in [5.41, 5.74) is 1.03. The van der Waals surface area contributed by atoms with Crippen LogP contribution >= 0.6 is 11.3 Å². The Bertz CT molecular complexity index is 587. The van der Waals surface area contributed by atoms with E-state index in [4.69, 9.17) is 9.26 Å². The Morgan fingerprint density at radius 3 is 3.09 bits per heavy atom. The molecule has 126 valence electrons. The van der Waals surface area contributed by atoms with Gasteiger partial charge in [-0.3, -0.25) is 9.80 Å². The quantitative estimate of drug-likeness (QED) is 0.773. The van der Waals surface area contributed by atoms with Gasteiger partial charge in [-0.05, 0) is 17.9 Å². The highest BCUT2D eigenvalue weighted by Crippen LogP contribution is 2.20. The fraction of sp³-hybridized carbons (Fsp3) is 0.625. The molecule has 1 aliphatic heterocycles. The Kier molecular flexibility index (Phi) is 5.77. The van der Waals surface area contributed by atoms with E-state index >= 15 is 0 Å². The number of hydrogen-bond donors (Lipinski definition) is 0. The monoisotopic (exact) mass is 336 g/mol. The van der Waals surface area contributed by atoms with Crippen LogP contribution in [0.2, 0.25) is 0 Å². The smallest absolute Gasteiger partial charge is 0.241 e. The molecule has 3 heterocycles. The van der Waals surface area contributed by atoms with Gasteiger partial charge in [0.25, 0.3) is 0 Å². The minimum absolute atomic E-state index is 0.568. The molecule has 0 radical (unpaired) electrons. The Morgan fingerprint density at radius 1 is 1.43 bits per heavy atom. The van der Waals surface area contributed by atoms with Crippen molar-refractivity contribution >= 4 is 11.3 Å². The number of thiophene rings is 1. The zero-order valence-corrected chi connectivity index (χ0v) is 14.6. The highest BCUT2D eigenvalue weighted by molar-refractivity contribution is 7.08.